The Morgan fingerprint density at radius 2 is 0.844 bits per heavy atom. The zero-order chi connectivity index (χ0) is 21.9. The summed E-state index contributed by atoms with van der Waals surface area (Å²) in [5, 5.41) is 15.9. The molecule has 1 N–H and O–H groups in total. The molecule has 162 valence electrons. The molecule has 1 fully saturated rings. The van der Waals surface area contributed by atoms with Crippen LogP contribution in [-0.2, 0) is 0 Å². The van der Waals surface area contributed by atoms with E-state index >= 15 is 0 Å². The van der Waals surface area contributed by atoms with Gasteiger partial charge in [0.1, 0.15) is 0 Å². The molecular formula is C30H31OP. The van der Waals surface area contributed by atoms with Crippen LogP contribution in [0.2, 0.25) is 0 Å². The van der Waals surface area contributed by atoms with E-state index in [1.165, 1.54) is 53.3 Å². The molecule has 2 heteroatoms. The van der Waals surface area contributed by atoms with Crippen LogP contribution in [-0.4, -0.2) is 10.8 Å². The first-order chi connectivity index (χ1) is 15.8. The van der Waals surface area contributed by atoms with Gasteiger partial charge in [-0.2, -0.15) is 0 Å². The summed E-state index contributed by atoms with van der Waals surface area (Å²) in [6.45, 7) is -3.12. The average molecular weight is 439 g/mol. The van der Waals surface area contributed by atoms with Crippen LogP contribution >= 0.6 is 6.60 Å². The predicted octanol–water partition coefficient (Wildman–Crippen LogP) is 5.88. The van der Waals surface area contributed by atoms with Gasteiger partial charge in [-0.3, -0.25) is 0 Å². The van der Waals surface area contributed by atoms with Crippen molar-refractivity contribution in [1.82, 2.24) is 0 Å². The monoisotopic (exact) mass is 438 g/mol. The Kier molecular flexibility index (Phi) is 5.62. The van der Waals surface area contributed by atoms with Crippen molar-refractivity contribution in [3.63, 3.8) is 0 Å². The van der Waals surface area contributed by atoms with E-state index in [0.717, 1.165) is 0 Å². The summed E-state index contributed by atoms with van der Waals surface area (Å²) in [6, 6.07) is 41.9. The molecule has 4 aromatic carbocycles. The van der Waals surface area contributed by atoms with E-state index in [1.54, 1.807) is 0 Å². The molecule has 4 aromatic rings. The van der Waals surface area contributed by atoms with Crippen molar-refractivity contribution in [2.75, 3.05) is 0 Å². The second-order valence-electron chi connectivity index (χ2n) is 9.00. The van der Waals surface area contributed by atoms with Gasteiger partial charge in [0.05, 0.1) is 0 Å². The summed E-state index contributed by atoms with van der Waals surface area (Å²) < 4.78 is 0. The van der Waals surface area contributed by atoms with Crippen LogP contribution in [0.4, 0.5) is 0 Å². The van der Waals surface area contributed by atoms with E-state index in [-0.39, 0.29) is 0 Å². The van der Waals surface area contributed by atoms with Crippen LogP contribution in [0.5, 0.6) is 5.75 Å². The topological polar surface area (TPSA) is 20.2 Å². The van der Waals surface area contributed by atoms with Gasteiger partial charge in [-0.1, -0.05) is 0 Å². The third-order valence-electron chi connectivity index (χ3n) is 7.57. The molecule has 0 radical (unpaired) electrons. The molecule has 0 unspecified atom stereocenters. The first kappa shape index (κ1) is 21.0. The molecule has 1 aliphatic rings. The number of rotatable bonds is 5. The SMILES string of the molecule is Oc1ccc(P(c2ccccc2)(c2ccccc2)(c2ccccc2)C2CCCCC2)cc1. The maximum atomic E-state index is 10.2. The maximum absolute atomic E-state index is 10.2. The summed E-state index contributed by atoms with van der Waals surface area (Å²) in [5.41, 5.74) is 0.520. The summed E-state index contributed by atoms with van der Waals surface area (Å²) in [4.78, 5) is 0. The first-order valence-corrected chi connectivity index (χ1v) is 14.1. The van der Waals surface area contributed by atoms with E-state index in [4.69, 9.17) is 0 Å². The summed E-state index contributed by atoms with van der Waals surface area (Å²) in [7, 11) is 0. The number of phenolic OH excluding ortho intramolecular Hbond substituents is 1. The van der Waals surface area contributed by atoms with E-state index < -0.39 is 6.60 Å². The van der Waals surface area contributed by atoms with Crippen molar-refractivity contribution in [2.24, 2.45) is 0 Å². The van der Waals surface area contributed by atoms with Gasteiger partial charge < -0.3 is 0 Å². The fraction of sp³-hybridized carbons (Fsp3) is 0.200. The Labute approximate surface area is 191 Å². The second-order valence-corrected chi connectivity index (χ2v) is 14.2. The Morgan fingerprint density at radius 3 is 1.25 bits per heavy atom. The molecule has 1 aliphatic carbocycles. The number of hydrogen-bond donors (Lipinski definition) is 1. The van der Waals surface area contributed by atoms with Gasteiger partial charge in [-0.15, -0.1) is 0 Å². The van der Waals surface area contributed by atoms with E-state index in [2.05, 4.69) is 103 Å². The standard InChI is InChI=1S/C30H31OP/c31-25-21-23-30(24-22-25)32(26-13-5-1-6-14-26,27-15-7-2-8-16-27,28-17-9-3-10-18-28)29-19-11-4-12-20-29/h1-3,5-10,13-18,21-24,29,31H,4,11-12,19-20H2. The quantitative estimate of drug-likeness (QED) is 0.386. The fourth-order valence-corrected chi connectivity index (χ4v) is 14.3. The third kappa shape index (κ3) is 2.95. The second kappa shape index (κ2) is 8.57. The van der Waals surface area contributed by atoms with Crippen molar-refractivity contribution < 1.29 is 5.11 Å². The number of benzene rings is 4. The summed E-state index contributed by atoms with van der Waals surface area (Å²) in [6.07, 6.45) is 6.30. The van der Waals surface area contributed by atoms with Gasteiger partial charge >= 0.3 is 192 Å². The van der Waals surface area contributed by atoms with Gasteiger partial charge in [-0.05, 0) is 0 Å². The third-order valence-corrected chi connectivity index (χ3v) is 15.0. The molecular weight excluding hydrogens is 407 g/mol. The Balaban J connectivity index is 2.04. The molecule has 1 nitrogen and oxygen atoms in total. The molecule has 0 bridgehead atoms. The minimum absolute atomic E-state index is 0.322. The van der Waals surface area contributed by atoms with Crippen LogP contribution in [0.15, 0.2) is 115 Å². The molecule has 0 saturated heterocycles. The Morgan fingerprint density at radius 1 is 0.469 bits per heavy atom. The van der Waals surface area contributed by atoms with Crippen molar-refractivity contribution in [2.45, 2.75) is 37.8 Å². The molecule has 5 rings (SSSR count). The number of aromatic hydroxyl groups is 1. The van der Waals surface area contributed by atoms with Crippen LogP contribution in [0.3, 0.4) is 0 Å². The number of phenols is 1. The van der Waals surface area contributed by atoms with Gasteiger partial charge in [-0.25, -0.2) is 0 Å². The first-order valence-electron chi connectivity index (χ1n) is 11.7. The van der Waals surface area contributed by atoms with E-state index in [0.29, 0.717) is 11.4 Å². The molecule has 0 aromatic heterocycles. The van der Waals surface area contributed by atoms with E-state index in [1.807, 2.05) is 12.1 Å². The summed E-state index contributed by atoms with van der Waals surface area (Å²) >= 11 is 0. The zero-order valence-electron chi connectivity index (χ0n) is 18.5. The van der Waals surface area contributed by atoms with Gasteiger partial charge in [0.25, 0.3) is 0 Å². The van der Waals surface area contributed by atoms with Crippen molar-refractivity contribution >= 4 is 27.8 Å². The fourth-order valence-electron chi connectivity index (χ4n) is 6.31. The molecule has 0 heterocycles. The van der Waals surface area contributed by atoms with E-state index in [9.17, 15) is 5.11 Å². The molecule has 0 amide bonds. The van der Waals surface area contributed by atoms with Gasteiger partial charge in [0.15, 0.2) is 0 Å². The van der Waals surface area contributed by atoms with Crippen LogP contribution < -0.4 is 21.2 Å². The van der Waals surface area contributed by atoms with Gasteiger partial charge in [0, 0.05) is 0 Å². The molecule has 0 spiro atoms. The molecule has 1 saturated carbocycles. The van der Waals surface area contributed by atoms with Crippen LogP contribution in [0.1, 0.15) is 32.1 Å². The van der Waals surface area contributed by atoms with Crippen molar-refractivity contribution in [1.29, 1.82) is 0 Å². The minimum atomic E-state index is -3.12. The van der Waals surface area contributed by atoms with Crippen molar-refractivity contribution in [3.8, 4) is 5.75 Å². The molecule has 32 heavy (non-hydrogen) atoms. The average Bonchev–Trinajstić information content (AvgIpc) is 2.89. The summed E-state index contributed by atoms with van der Waals surface area (Å²) in [5.74, 6) is 0.322. The Bertz CT molecular complexity index is 1050. The normalized spacial score (nSPS) is 16.2. The van der Waals surface area contributed by atoms with Crippen LogP contribution in [0, 0.1) is 0 Å². The molecule has 0 atom stereocenters. The predicted molar refractivity (Wildman–Crippen MR) is 140 cm³/mol. The zero-order valence-corrected chi connectivity index (χ0v) is 19.4. The van der Waals surface area contributed by atoms with Crippen molar-refractivity contribution in [3.05, 3.63) is 115 Å². The van der Waals surface area contributed by atoms with Gasteiger partial charge in [0.2, 0.25) is 0 Å². The number of hydrogen-bond acceptors (Lipinski definition) is 1. The molecule has 0 aliphatic heterocycles. The van der Waals surface area contributed by atoms with Crippen LogP contribution in [0.25, 0.3) is 0 Å². The Hall–Kier alpha value is -2.89.